The first-order chi connectivity index (χ1) is 14.1. The van der Waals surface area contributed by atoms with Gasteiger partial charge in [-0.1, -0.05) is 18.2 Å². The molecule has 0 saturated carbocycles. The summed E-state index contributed by atoms with van der Waals surface area (Å²) < 4.78 is 6.51. The number of ether oxygens (including phenoxy) is 1. The molecule has 0 aliphatic carbocycles. The maximum Gasteiger partial charge on any atom is 0.273 e. The predicted molar refractivity (Wildman–Crippen MR) is 109 cm³/mol. The number of aliphatic hydroxyl groups is 1. The van der Waals surface area contributed by atoms with Crippen LogP contribution in [0.4, 0.5) is 5.69 Å². The zero-order valence-electron chi connectivity index (χ0n) is 16.1. The van der Waals surface area contributed by atoms with Crippen molar-refractivity contribution in [3.05, 3.63) is 58.0 Å². The molecule has 2 heterocycles. The Morgan fingerprint density at radius 3 is 2.93 bits per heavy atom. The number of para-hydroxylation sites is 1. The van der Waals surface area contributed by atoms with Crippen molar-refractivity contribution in [3.63, 3.8) is 0 Å². The quantitative estimate of drug-likeness (QED) is 0.413. The lowest BCUT2D eigenvalue weighted by Gasteiger charge is -2.24. The molecule has 1 atom stereocenters. The van der Waals surface area contributed by atoms with Gasteiger partial charge in [0.2, 0.25) is 5.43 Å². The Morgan fingerprint density at radius 1 is 1.28 bits per heavy atom. The second-order valence-electron chi connectivity index (χ2n) is 6.68. The zero-order chi connectivity index (χ0) is 20.6. The van der Waals surface area contributed by atoms with Crippen LogP contribution in [0.5, 0.6) is 5.75 Å². The number of aliphatic hydroxyl groups excluding tert-OH is 1. The van der Waals surface area contributed by atoms with Gasteiger partial charge in [0, 0.05) is 31.0 Å². The van der Waals surface area contributed by atoms with Crippen LogP contribution in [0.15, 0.2) is 41.3 Å². The van der Waals surface area contributed by atoms with Crippen molar-refractivity contribution in [1.29, 1.82) is 0 Å². The molecule has 1 aromatic carbocycles. The van der Waals surface area contributed by atoms with Gasteiger partial charge in [-0.3, -0.25) is 14.3 Å². The molecule has 29 heavy (non-hydrogen) atoms. The van der Waals surface area contributed by atoms with E-state index in [0.29, 0.717) is 0 Å². The van der Waals surface area contributed by atoms with Gasteiger partial charge in [0.05, 0.1) is 25.9 Å². The molecule has 0 bridgehead atoms. The molecule has 1 aliphatic heterocycles. The number of nitrogens with zero attached hydrogens (tertiary/aromatic N) is 1. The van der Waals surface area contributed by atoms with Gasteiger partial charge < -0.3 is 31.0 Å². The third-order valence-corrected chi connectivity index (χ3v) is 4.67. The third kappa shape index (κ3) is 5.07. The fraction of sp³-hybridized carbons (Fsp3) is 0.400. The van der Waals surface area contributed by atoms with Crippen LogP contribution in [0.2, 0.25) is 0 Å². The average Bonchev–Trinajstić information content (AvgIpc) is 2.93. The topological polar surface area (TPSA) is 125 Å². The standard InChI is InChI=1S/C20H26N4O5/c25-11-13-29-12-9-22-20(28)18-19(27)17(26)7-10-24(18)23-16-6-3-8-21-15-5-2-1-4-14(15)16/h1-2,4-5,7,10,16,21,23,25,27H,3,6,8-9,11-13H2,(H,22,28). The summed E-state index contributed by atoms with van der Waals surface area (Å²) in [7, 11) is 0. The highest BCUT2D eigenvalue weighted by molar-refractivity contribution is 5.95. The van der Waals surface area contributed by atoms with Crippen LogP contribution in [0, 0.1) is 0 Å². The lowest BCUT2D eigenvalue weighted by Crippen LogP contribution is -2.34. The van der Waals surface area contributed by atoms with E-state index in [2.05, 4.69) is 16.1 Å². The Kier molecular flexibility index (Phi) is 7.09. The number of carbonyl (C=O) groups is 1. The van der Waals surface area contributed by atoms with Crippen LogP contribution >= 0.6 is 0 Å². The number of amides is 1. The summed E-state index contributed by atoms with van der Waals surface area (Å²) in [5, 5.41) is 25.0. The van der Waals surface area contributed by atoms with Crippen LogP contribution in [-0.4, -0.2) is 53.7 Å². The van der Waals surface area contributed by atoms with E-state index in [1.165, 1.54) is 16.9 Å². The molecule has 156 valence electrons. The van der Waals surface area contributed by atoms with Gasteiger partial charge in [-0.15, -0.1) is 0 Å². The molecule has 0 saturated heterocycles. The first-order valence-corrected chi connectivity index (χ1v) is 9.62. The van der Waals surface area contributed by atoms with E-state index in [0.717, 1.165) is 30.6 Å². The number of anilines is 1. The summed E-state index contributed by atoms with van der Waals surface area (Å²) in [6.07, 6.45) is 3.18. The number of rotatable bonds is 8. The summed E-state index contributed by atoms with van der Waals surface area (Å²) in [4.78, 5) is 24.6. The van der Waals surface area contributed by atoms with Crippen molar-refractivity contribution in [1.82, 2.24) is 9.99 Å². The zero-order valence-corrected chi connectivity index (χ0v) is 16.1. The molecule has 5 N–H and O–H groups in total. The largest absolute Gasteiger partial charge is 0.502 e. The normalized spacial score (nSPS) is 15.7. The first-order valence-electron chi connectivity index (χ1n) is 9.62. The van der Waals surface area contributed by atoms with Crippen LogP contribution in [0.3, 0.4) is 0 Å². The SMILES string of the molecule is O=C(NCCOCCO)c1c(O)c(=O)ccn1NC1CCCNc2ccccc21. The Morgan fingerprint density at radius 2 is 2.10 bits per heavy atom. The average molecular weight is 402 g/mol. The summed E-state index contributed by atoms with van der Waals surface area (Å²) in [5.41, 5.74) is 4.53. The van der Waals surface area contributed by atoms with E-state index in [9.17, 15) is 14.7 Å². The van der Waals surface area contributed by atoms with Crippen LogP contribution < -0.4 is 21.5 Å². The minimum Gasteiger partial charge on any atom is -0.502 e. The van der Waals surface area contributed by atoms with E-state index in [4.69, 9.17) is 9.84 Å². The van der Waals surface area contributed by atoms with Gasteiger partial charge in [-0.25, -0.2) is 0 Å². The van der Waals surface area contributed by atoms with E-state index in [-0.39, 0.29) is 38.1 Å². The second kappa shape index (κ2) is 9.94. The summed E-state index contributed by atoms with van der Waals surface area (Å²) in [5.74, 6) is -1.21. The van der Waals surface area contributed by atoms with Gasteiger partial charge in [-0.2, -0.15) is 0 Å². The second-order valence-corrected chi connectivity index (χ2v) is 6.68. The minimum absolute atomic E-state index is 0.103. The van der Waals surface area contributed by atoms with Crippen LogP contribution in [0.1, 0.15) is 34.9 Å². The lowest BCUT2D eigenvalue weighted by molar-refractivity contribution is 0.0830. The highest BCUT2D eigenvalue weighted by atomic mass is 16.5. The highest BCUT2D eigenvalue weighted by Gasteiger charge is 2.22. The van der Waals surface area contributed by atoms with Crippen molar-refractivity contribution in [2.75, 3.05) is 43.7 Å². The molecule has 1 amide bonds. The number of benzene rings is 1. The minimum atomic E-state index is -0.632. The molecule has 9 heteroatoms. The number of fused-ring (bicyclic) bond motifs is 1. The highest BCUT2D eigenvalue weighted by Crippen LogP contribution is 2.30. The number of aromatic hydroxyl groups is 1. The third-order valence-electron chi connectivity index (χ3n) is 4.67. The summed E-state index contributed by atoms with van der Waals surface area (Å²) in [6.45, 7) is 1.30. The Labute approximate surface area is 168 Å². The maximum atomic E-state index is 12.6. The van der Waals surface area contributed by atoms with Crippen molar-refractivity contribution in [2.45, 2.75) is 18.9 Å². The molecule has 9 nitrogen and oxygen atoms in total. The van der Waals surface area contributed by atoms with Gasteiger partial charge in [0.15, 0.2) is 11.4 Å². The van der Waals surface area contributed by atoms with Crippen molar-refractivity contribution in [2.24, 2.45) is 0 Å². The molecule has 0 radical (unpaired) electrons. The summed E-state index contributed by atoms with van der Waals surface area (Å²) in [6, 6.07) is 9.01. The van der Waals surface area contributed by atoms with Gasteiger partial charge in [0.1, 0.15) is 0 Å². The molecular weight excluding hydrogens is 376 g/mol. The molecule has 1 unspecified atom stereocenters. The number of aromatic nitrogens is 1. The molecule has 3 rings (SSSR count). The van der Waals surface area contributed by atoms with Gasteiger partial charge >= 0.3 is 0 Å². The van der Waals surface area contributed by atoms with E-state index in [1.54, 1.807) is 0 Å². The number of nitrogens with one attached hydrogen (secondary N) is 3. The Hall–Kier alpha value is -3.04. The number of carbonyl (C=O) groups excluding carboxylic acids is 1. The molecular formula is C20H26N4O5. The fourth-order valence-electron chi connectivity index (χ4n) is 3.29. The van der Waals surface area contributed by atoms with Crippen molar-refractivity contribution < 1.29 is 19.7 Å². The Bertz CT molecular complexity index is 899. The van der Waals surface area contributed by atoms with Crippen molar-refractivity contribution >= 4 is 11.6 Å². The molecule has 2 aromatic rings. The monoisotopic (exact) mass is 402 g/mol. The van der Waals surface area contributed by atoms with Gasteiger partial charge in [-0.05, 0) is 24.5 Å². The predicted octanol–water partition coefficient (Wildman–Crippen LogP) is 0.783. The van der Waals surface area contributed by atoms with Crippen LogP contribution in [-0.2, 0) is 4.74 Å². The number of pyridine rings is 1. The fourth-order valence-corrected chi connectivity index (χ4v) is 3.29. The smallest absolute Gasteiger partial charge is 0.273 e. The van der Waals surface area contributed by atoms with E-state index < -0.39 is 17.1 Å². The number of hydrogen-bond acceptors (Lipinski definition) is 7. The number of hydrogen-bond donors (Lipinski definition) is 5. The summed E-state index contributed by atoms with van der Waals surface area (Å²) >= 11 is 0. The van der Waals surface area contributed by atoms with E-state index >= 15 is 0 Å². The van der Waals surface area contributed by atoms with Crippen molar-refractivity contribution in [3.8, 4) is 5.75 Å². The molecule has 0 fully saturated rings. The van der Waals surface area contributed by atoms with E-state index in [1.807, 2.05) is 24.3 Å². The lowest BCUT2D eigenvalue weighted by atomic mass is 10.0. The van der Waals surface area contributed by atoms with Crippen LogP contribution in [0.25, 0.3) is 0 Å². The maximum absolute atomic E-state index is 12.6. The molecule has 0 spiro atoms. The first kappa shape index (κ1) is 20.7. The molecule has 1 aliphatic rings. The molecule has 1 aromatic heterocycles. The Balaban J connectivity index is 1.82. The van der Waals surface area contributed by atoms with Gasteiger partial charge in [0.25, 0.3) is 5.91 Å².